The third-order valence-electron chi connectivity index (χ3n) is 5.24. The zero-order valence-corrected chi connectivity index (χ0v) is 20.3. The molecule has 0 unspecified atom stereocenters. The molecule has 1 aromatic heterocycles. The highest BCUT2D eigenvalue weighted by molar-refractivity contribution is 7.71. The van der Waals surface area contributed by atoms with Gasteiger partial charge in [0.2, 0.25) is 11.6 Å². The Morgan fingerprint density at radius 3 is 2.29 bits per heavy atom. The zero-order chi connectivity index (χ0) is 24.9. The van der Waals surface area contributed by atoms with E-state index in [9.17, 15) is 9.90 Å². The molecule has 1 heterocycles. The second-order valence-corrected chi connectivity index (χ2v) is 7.93. The van der Waals surface area contributed by atoms with Gasteiger partial charge in [-0.25, -0.2) is 0 Å². The van der Waals surface area contributed by atoms with E-state index in [-0.39, 0.29) is 10.5 Å². The van der Waals surface area contributed by atoms with E-state index in [1.165, 1.54) is 16.2 Å². The topological polar surface area (TPSA) is 90.3 Å². The Kier molecular flexibility index (Phi) is 7.07. The molecule has 0 aliphatic carbocycles. The van der Waals surface area contributed by atoms with Crippen LogP contribution in [0.3, 0.4) is 0 Å². The van der Waals surface area contributed by atoms with Crippen LogP contribution in [0.5, 0.6) is 17.4 Å². The SMILES string of the molecule is CCOc1ccc(N=Nc2c(O)n(-c3ccccc3OC)c(=S)n(-c3ccc(C)cc3)c2=O)cc1. The fourth-order valence-electron chi connectivity index (χ4n) is 3.51. The van der Waals surface area contributed by atoms with Gasteiger partial charge in [-0.2, -0.15) is 5.11 Å². The molecule has 4 aromatic rings. The van der Waals surface area contributed by atoms with E-state index in [0.29, 0.717) is 35.2 Å². The van der Waals surface area contributed by atoms with Crippen LogP contribution in [-0.2, 0) is 0 Å². The zero-order valence-electron chi connectivity index (χ0n) is 19.5. The molecule has 0 atom stereocenters. The van der Waals surface area contributed by atoms with Crippen molar-refractivity contribution in [3.05, 3.63) is 93.5 Å². The van der Waals surface area contributed by atoms with E-state index in [0.717, 1.165) is 5.56 Å². The van der Waals surface area contributed by atoms with E-state index < -0.39 is 11.4 Å². The normalized spacial score (nSPS) is 11.1. The summed E-state index contributed by atoms with van der Waals surface area (Å²) in [6.45, 7) is 4.39. The number of benzene rings is 3. The number of ether oxygens (including phenoxy) is 2. The summed E-state index contributed by atoms with van der Waals surface area (Å²) in [7, 11) is 1.52. The first-order valence-electron chi connectivity index (χ1n) is 10.9. The summed E-state index contributed by atoms with van der Waals surface area (Å²) in [5.41, 5.74) is 1.64. The van der Waals surface area contributed by atoms with Gasteiger partial charge in [-0.05, 0) is 74.6 Å². The standard InChI is InChI=1S/C26H24N4O4S/c1-4-34-20-15-11-18(12-16-20)27-28-23-24(31)29(19-13-9-17(2)10-14-19)26(35)30(25(23)32)21-7-5-6-8-22(21)33-3/h5-16,32H,4H2,1-3H3. The van der Waals surface area contributed by atoms with Crippen LogP contribution in [0.2, 0.25) is 0 Å². The maximum Gasteiger partial charge on any atom is 0.290 e. The number of hydrogen-bond acceptors (Lipinski definition) is 7. The first-order chi connectivity index (χ1) is 16.9. The Hall–Kier alpha value is -4.24. The lowest BCUT2D eigenvalue weighted by Crippen LogP contribution is -2.23. The van der Waals surface area contributed by atoms with Gasteiger partial charge in [0.05, 0.1) is 30.8 Å². The number of aromatic hydroxyl groups is 1. The Labute approximate surface area is 207 Å². The predicted molar refractivity (Wildman–Crippen MR) is 137 cm³/mol. The Morgan fingerprint density at radius 2 is 1.63 bits per heavy atom. The lowest BCUT2D eigenvalue weighted by molar-refractivity contribution is 0.340. The highest BCUT2D eigenvalue weighted by Gasteiger charge is 2.21. The monoisotopic (exact) mass is 488 g/mol. The summed E-state index contributed by atoms with van der Waals surface area (Å²) in [5, 5.41) is 19.5. The van der Waals surface area contributed by atoms with Crippen LogP contribution in [0, 0.1) is 11.7 Å². The molecule has 35 heavy (non-hydrogen) atoms. The first kappa shape index (κ1) is 23.9. The third kappa shape index (κ3) is 4.85. The molecule has 4 rings (SSSR count). The fraction of sp³-hybridized carbons (Fsp3) is 0.154. The van der Waals surface area contributed by atoms with Gasteiger partial charge in [-0.15, -0.1) is 5.11 Å². The first-order valence-corrected chi connectivity index (χ1v) is 11.3. The highest BCUT2D eigenvalue weighted by atomic mass is 32.1. The van der Waals surface area contributed by atoms with Gasteiger partial charge in [0.1, 0.15) is 11.5 Å². The molecule has 1 N–H and O–H groups in total. The molecule has 0 aliphatic rings. The van der Waals surface area contributed by atoms with Crippen LogP contribution in [-0.4, -0.2) is 28.0 Å². The number of aryl methyl sites for hydroxylation is 1. The second-order valence-electron chi connectivity index (χ2n) is 7.57. The van der Waals surface area contributed by atoms with Crippen molar-refractivity contribution in [2.24, 2.45) is 10.2 Å². The van der Waals surface area contributed by atoms with Crippen molar-refractivity contribution in [3.8, 4) is 28.8 Å². The number of hydrogen-bond donors (Lipinski definition) is 1. The van der Waals surface area contributed by atoms with Crippen LogP contribution in [0.1, 0.15) is 12.5 Å². The van der Waals surface area contributed by atoms with Gasteiger partial charge in [-0.1, -0.05) is 29.8 Å². The maximum atomic E-state index is 13.5. The van der Waals surface area contributed by atoms with Crippen molar-refractivity contribution in [3.63, 3.8) is 0 Å². The van der Waals surface area contributed by atoms with Gasteiger partial charge in [-0.3, -0.25) is 13.9 Å². The summed E-state index contributed by atoms with van der Waals surface area (Å²) < 4.78 is 13.6. The van der Waals surface area contributed by atoms with Gasteiger partial charge >= 0.3 is 0 Å². The minimum absolute atomic E-state index is 0.0564. The van der Waals surface area contributed by atoms with E-state index in [4.69, 9.17) is 21.7 Å². The van der Waals surface area contributed by atoms with Crippen molar-refractivity contribution in [2.45, 2.75) is 13.8 Å². The number of methoxy groups -OCH3 is 1. The average Bonchev–Trinajstić information content (AvgIpc) is 2.86. The largest absolute Gasteiger partial charge is 0.495 e. The van der Waals surface area contributed by atoms with Crippen molar-refractivity contribution in [1.82, 2.24) is 9.13 Å². The molecule has 0 amide bonds. The van der Waals surface area contributed by atoms with Gasteiger partial charge < -0.3 is 14.6 Å². The molecule has 0 spiro atoms. The van der Waals surface area contributed by atoms with E-state index in [1.807, 2.05) is 26.0 Å². The molecule has 9 heteroatoms. The fourth-order valence-corrected chi connectivity index (χ4v) is 3.88. The van der Waals surface area contributed by atoms with Crippen molar-refractivity contribution < 1.29 is 14.6 Å². The molecule has 0 radical (unpaired) electrons. The second kappa shape index (κ2) is 10.4. The van der Waals surface area contributed by atoms with Crippen molar-refractivity contribution >= 4 is 23.6 Å². The van der Waals surface area contributed by atoms with E-state index in [1.54, 1.807) is 60.7 Å². The number of azo groups is 1. The van der Waals surface area contributed by atoms with Crippen molar-refractivity contribution in [2.75, 3.05) is 13.7 Å². The summed E-state index contributed by atoms with van der Waals surface area (Å²) in [4.78, 5) is 13.5. The molecular formula is C26H24N4O4S. The Bertz CT molecular complexity index is 1490. The minimum atomic E-state index is -0.600. The van der Waals surface area contributed by atoms with E-state index in [2.05, 4.69) is 10.2 Å². The number of rotatable bonds is 7. The molecule has 0 saturated carbocycles. The Morgan fingerprint density at radius 1 is 0.943 bits per heavy atom. The lowest BCUT2D eigenvalue weighted by atomic mass is 10.2. The predicted octanol–water partition coefficient (Wildman–Crippen LogP) is 6.19. The average molecular weight is 489 g/mol. The summed E-state index contributed by atoms with van der Waals surface area (Å²) in [5.74, 6) is 0.713. The molecule has 0 saturated heterocycles. The highest BCUT2D eigenvalue weighted by Crippen LogP contribution is 2.33. The van der Waals surface area contributed by atoms with Gasteiger partial charge in [0, 0.05) is 0 Å². The lowest BCUT2D eigenvalue weighted by Gasteiger charge is -2.17. The quantitative estimate of drug-likeness (QED) is 0.247. The van der Waals surface area contributed by atoms with Crippen molar-refractivity contribution in [1.29, 1.82) is 0 Å². The van der Waals surface area contributed by atoms with Crippen LogP contribution in [0.25, 0.3) is 11.4 Å². The van der Waals surface area contributed by atoms with Gasteiger partial charge in [0.15, 0.2) is 4.77 Å². The summed E-state index contributed by atoms with van der Waals surface area (Å²) >= 11 is 5.67. The molecule has 0 bridgehead atoms. The van der Waals surface area contributed by atoms with Gasteiger partial charge in [0.25, 0.3) is 5.56 Å². The van der Waals surface area contributed by atoms with E-state index >= 15 is 0 Å². The molecule has 178 valence electrons. The Balaban J connectivity index is 1.95. The number of nitrogens with zero attached hydrogens (tertiary/aromatic N) is 4. The third-order valence-corrected chi connectivity index (χ3v) is 5.61. The summed E-state index contributed by atoms with van der Waals surface area (Å²) in [6, 6.07) is 21.3. The summed E-state index contributed by atoms with van der Waals surface area (Å²) in [6.07, 6.45) is 0. The smallest absolute Gasteiger partial charge is 0.290 e. The number of para-hydroxylation sites is 2. The molecular weight excluding hydrogens is 464 g/mol. The minimum Gasteiger partial charge on any atom is -0.495 e. The van der Waals surface area contributed by atoms with Crippen LogP contribution < -0.4 is 15.0 Å². The van der Waals surface area contributed by atoms with Crippen LogP contribution >= 0.6 is 12.2 Å². The maximum absolute atomic E-state index is 13.5. The molecule has 8 nitrogen and oxygen atoms in total. The van der Waals surface area contributed by atoms with Crippen LogP contribution in [0.15, 0.2) is 87.8 Å². The number of aromatic nitrogens is 2. The van der Waals surface area contributed by atoms with Crippen LogP contribution in [0.4, 0.5) is 11.4 Å². The molecule has 0 fully saturated rings. The molecule has 3 aromatic carbocycles. The molecule has 0 aliphatic heterocycles.